The van der Waals surface area contributed by atoms with E-state index in [0.717, 1.165) is 11.3 Å². The summed E-state index contributed by atoms with van der Waals surface area (Å²) in [6.45, 7) is 6.77. The van der Waals surface area contributed by atoms with Crippen molar-refractivity contribution < 1.29 is 14.3 Å². The predicted octanol–water partition coefficient (Wildman–Crippen LogP) is 1.67. The largest absolute Gasteiger partial charge is 0.497 e. The molecular weight excluding hydrogens is 374 g/mol. The van der Waals surface area contributed by atoms with E-state index in [1.807, 2.05) is 45.0 Å². The van der Waals surface area contributed by atoms with Gasteiger partial charge >= 0.3 is 6.09 Å². The lowest BCUT2D eigenvalue weighted by Crippen LogP contribution is -2.42. The predicted molar refractivity (Wildman–Crippen MR) is 111 cm³/mol. The summed E-state index contributed by atoms with van der Waals surface area (Å²) in [4.78, 5) is 20.2. The van der Waals surface area contributed by atoms with Gasteiger partial charge in [0.25, 0.3) is 0 Å². The minimum Gasteiger partial charge on any atom is -0.497 e. The molecule has 1 aromatic heterocycles. The lowest BCUT2D eigenvalue weighted by atomic mass is 10.2. The molecule has 1 amide bonds. The fourth-order valence-electron chi connectivity index (χ4n) is 2.29. The molecule has 2 rings (SSSR count). The molecule has 0 bridgehead atoms. The molecule has 0 fully saturated rings. The Labute approximate surface area is 170 Å². The lowest BCUT2D eigenvalue weighted by Gasteiger charge is -2.19. The van der Waals surface area contributed by atoms with Gasteiger partial charge in [-0.1, -0.05) is 0 Å². The monoisotopic (exact) mass is 403 g/mol. The first kappa shape index (κ1) is 22.0. The smallest absolute Gasteiger partial charge is 0.407 e. The van der Waals surface area contributed by atoms with Crippen molar-refractivity contribution in [1.82, 2.24) is 31.1 Å². The quantitative estimate of drug-likeness (QED) is 0.315. The van der Waals surface area contributed by atoms with Gasteiger partial charge in [-0.05, 0) is 45.0 Å². The highest BCUT2D eigenvalue weighted by Crippen LogP contribution is 2.18. The summed E-state index contributed by atoms with van der Waals surface area (Å²) in [7, 11) is 3.29. The maximum absolute atomic E-state index is 11.6. The van der Waals surface area contributed by atoms with Gasteiger partial charge in [0.05, 0.1) is 13.7 Å². The maximum atomic E-state index is 11.6. The average Bonchev–Trinajstić information content (AvgIpc) is 3.15. The van der Waals surface area contributed by atoms with Gasteiger partial charge in [-0.25, -0.2) is 9.78 Å². The van der Waals surface area contributed by atoms with Crippen LogP contribution in [0.4, 0.5) is 4.79 Å². The molecule has 158 valence electrons. The Balaban J connectivity index is 1.75. The normalized spacial score (nSPS) is 11.7. The third-order valence-corrected chi connectivity index (χ3v) is 3.61. The molecule has 0 aliphatic carbocycles. The van der Waals surface area contributed by atoms with E-state index in [1.54, 1.807) is 14.2 Å². The van der Waals surface area contributed by atoms with Crippen molar-refractivity contribution in [3.05, 3.63) is 30.1 Å². The molecule has 0 saturated heterocycles. The number of nitrogens with one attached hydrogen (secondary N) is 4. The zero-order chi connectivity index (χ0) is 21.3. The van der Waals surface area contributed by atoms with E-state index in [0.29, 0.717) is 37.2 Å². The minimum atomic E-state index is -0.517. The Kier molecular flexibility index (Phi) is 7.81. The van der Waals surface area contributed by atoms with Gasteiger partial charge < -0.3 is 25.4 Å². The van der Waals surface area contributed by atoms with Crippen LogP contribution >= 0.6 is 0 Å². The molecule has 10 heteroatoms. The van der Waals surface area contributed by atoms with Crippen molar-refractivity contribution in [1.29, 1.82) is 0 Å². The SMILES string of the molecule is CN=C(NCCNC(=O)OC(C)(C)C)NCc1nc(-c2ccc(OC)cc2)n[nH]1. The van der Waals surface area contributed by atoms with E-state index >= 15 is 0 Å². The first-order chi connectivity index (χ1) is 13.8. The fourth-order valence-corrected chi connectivity index (χ4v) is 2.29. The number of hydrogen-bond acceptors (Lipinski definition) is 6. The van der Waals surface area contributed by atoms with Crippen LogP contribution in [-0.4, -0.2) is 60.1 Å². The van der Waals surface area contributed by atoms with Gasteiger partial charge in [0.1, 0.15) is 17.2 Å². The molecule has 0 saturated carbocycles. The van der Waals surface area contributed by atoms with Crippen molar-refractivity contribution in [3.8, 4) is 17.1 Å². The molecule has 29 heavy (non-hydrogen) atoms. The molecule has 1 aromatic carbocycles. The van der Waals surface area contributed by atoms with Crippen molar-refractivity contribution in [2.24, 2.45) is 4.99 Å². The molecule has 0 aliphatic heterocycles. The second-order valence-electron chi connectivity index (χ2n) is 7.12. The standard InChI is InChI=1S/C19H29N7O3/c1-19(2,3)29-18(27)22-11-10-21-17(20-4)23-12-15-24-16(26-25-15)13-6-8-14(28-5)9-7-13/h6-9H,10-12H2,1-5H3,(H,22,27)(H2,20,21,23)(H,24,25,26). The number of nitrogens with zero attached hydrogens (tertiary/aromatic N) is 3. The number of aromatic amines is 1. The van der Waals surface area contributed by atoms with Gasteiger partial charge in [0.2, 0.25) is 0 Å². The van der Waals surface area contributed by atoms with Crippen LogP contribution in [0.5, 0.6) is 5.75 Å². The number of guanidine groups is 1. The molecule has 10 nitrogen and oxygen atoms in total. The molecule has 0 unspecified atom stereocenters. The van der Waals surface area contributed by atoms with Crippen molar-refractivity contribution in [2.75, 3.05) is 27.2 Å². The van der Waals surface area contributed by atoms with Crippen molar-refractivity contribution >= 4 is 12.1 Å². The summed E-state index contributed by atoms with van der Waals surface area (Å²) in [5.74, 6) is 2.64. The number of hydrogen-bond donors (Lipinski definition) is 4. The van der Waals surface area contributed by atoms with E-state index in [-0.39, 0.29) is 0 Å². The molecule has 0 spiro atoms. The summed E-state index contributed by atoms with van der Waals surface area (Å²) in [5, 5.41) is 16.1. The van der Waals surface area contributed by atoms with E-state index in [1.165, 1.54) is 0 Å². The fraction of sp³-hybridized carbons (Fsp3) is 0.474. The molecule has 0 radical (unpaired) electrons. The number of ether oxygens (including phenoxy) is 2. The van der Waals surface area contributed by atoms with E-state index < -0.39 is 11.7 Å². The second-order valence-corrected chi connectivity index (χ2v) is 7.12. The Morgan fingerprint density at radius 3 is 2.45 bits per heavy atom. The zero-order valence-corrected chi connectivity index (χ0v) is 17.5. The first-order valence-corrected chi connectivity index (χ1v) is 9.28. The maximum Gasteiger partial charge on any atom is 0.407 e. The van der Waals surface area contributed by atoms with Gasteiger partial charge in [-0.2, -0.15) is 5.10 Å². The van der Waals surface area contributed by atoms with Gasteiger partial charge in [0.15, 0.2) is 11.8 Å². The minimum absolute atomic E-state index is 0.402. The Morgan fingerprint density at radius 1 is 1.14 bits per heavy atom. The van der Waals surface area contributed by atoms with Crippen LogP contribution in [0.15, 0.2) is 29.3 Å². The number of H-pyrrole nitrogens is 1. The highest BCUT2D eigenvalue weighted by Gasteiger charge is 2.15. The topological polar surface area (TPSA) is 126 Å². The number of aromatic nitrogens is 3. The molecular formula is C19H29N7O3. The van der Waals surface area contributed by atoms with Crippen molar-refractivity contribution in [3.63, 3.8) is 0 Å². The molecule has 1 heterocycles. The summed E-state index contributed by atoms with van der Waals surface area (Å²) in [6, 6.07) is 7.52. The van der Waals surface area contributed by atoms with Crippen molar-refractivity contribution in [2.45, 2.75) is 32.9 Å². The number of benzene rings is 1. The lowest BCUT2D eigenvalue weighted by molar-refractivity contribution is 0.0529. The van der Waals surface area contributed by atoms with Gasteiger partial charge in [-0.3, -0.25) is 10.1 Å². The van der Waals surface area contributed by atoms with Crippen LogP contribution in [0.1, 0.15) is 26.6 Å². The van der Waals surface area contributed by atoms with Gasteiger partial charge in [-0.15, -0.1) is 0 Å². The summed E-state index contributed by atoms with van der Waals surface area (Å²) in [5.41, 5.74) is 0.376. The van der Waals surface area contributed by atoms with Crippen LogP contribution in [0.25, 0.3) is 11.4 Å². The Bertz CT molecular complexity index is 810. The van der Waals surface area contributed by atoms with E-state index in [4.69, 9.17) is 9.47 Å². The summed E-state index contributed by atoms with van der Waals surface area (Å²) < 4.78 is 10.3. The zero-order valence-electron chi connectivity index (χ0n) is 17.5. The Hall–Kier alpha value is -3.30. The summed E-state index contributed by atoms with van der Waals surface area (Å²) in [6.07, 6.45) is -0.449. The third-order valence-electron chi connectivity index (χ3n) is 3.61. The highest BCUT2D eigenvalue weighted by molar-refractivity contribution is 5.79. The average molecular weight is 403 g/mol. The number of methoxy groups -OCH3 is 1. The van der Waals surface area contributed by atoms with Crippen LogP contribution in [-0.2, 0) is 11.3 Å². The van der Waals surface area contributed by atoms with E-state index in [9.17, 15) is 4.79 Å². The number of carbonyl (C=O) groups excluding carboxylic acids is 1. The van der Waals surface area contributed by atoms with Crippen LogP contribution in [0, 0.1) is 0 Å². The first-order valence-electron chi connectivity index (χ1n) is 9.28. The van der Waals surface area contributed by atoms with Crippen LogP contribution in [0.3, 0.4) is 0 Å². The number of aliphatic imine (C=N–C) groups is 1. The second kappa shape index (κ2) is 10.3. The molecule has 0 aliphatic rings. The van der Waals surface area contributed by atoms with Crippen LogP contribution in [0.2, 0.25) is 0 Å². The Morgan fingerprint density at radius 2 is 1.83 bits per heavy atom. The number of amides is 1. The van der Waals surface area contributed by atoms with Crippen LogP contribution < -0.4 is 20.7 Å². The molecule has 2 aromatic rings. The van der Waals surface area contributed by atoms with Gasteiger partial charge in [0, 0.05) is 25.7 Å². The highest BCUT2D eigenvalue weighted by atomic mass is 16.6. The number of carbonyl (C=O) groups is 1. The molecule has 0 atom stereocenters. The summed E-state index contributed by atoms with van der Waals surface area (Å²) >= 11 is 0. The number of alkyl carbamates (subject to hydrolysis) is 1. The molecule has 4 N–H and O–H groups in total. The number of rotatable bonds is 7. The third kappa shape index (κ3) is 7.68. The van der Waals surface area contributed by atoms with E-state index in [2.05, 4.69) is 36.1 Å².